The van der Waals surface area contributed by atoms with E-state index >= 15 is 0 Å². The van der Waals surface area contributed by atoms with Gasteiger partial charge in [-0.3, -0.25) is 19.8 Å². The van der Waals surface area contributed by atoms with Gasteiger partial charge in [0.15, 0.2) is 22.7 Å². The molecule has 0 saturated heterocycles. The lowest BCUT2D eigenvalue weighted by Crippen LogP contribution is -2.41. The second kappa shape index (κ2) is 11.7. The maximum absolute atomic E-state index is 14.8. The van der Waals surface area contributed by atoms with Gasteiger partial charge in [-0.2, -0.15) is 0 Å². The summed E-state index contributed by atoms with van der Waals surface area (Å²) in [6.45, 7) is -0.0198. The zero-order chi connectivity index (χ0) is 31.8. The minimum absolute atomic E-state index is 0.00991. The molecule has 1 aliphatic rings. The third-order valence-corrected chi connectivity index (χ3v) is 7.97. The number of allylic oxidation sites excluding steroid dienone is 2. The highest BCUT2D eigenvalue weighted by Gasteiger charge is 2.36. The van der Waals surface area contributed by atoms with Crippen molar-refractivity contribution in [3.63, 3.8) is 0 Å². The highest BCUT2D eigenvalue weighted by Crippen LogP contribution is 2.33. The number of aromatic amines is 2. The van der Waals surface area contributed by atoms with Gasteiger partial charge < -0.3 is 19.0 Å². The zero-order valence-electron chi connectivity index (χ0n) is 24.4. The summed E-state index contributed by atoms with van der Waals surface area (Å²) in [5.74, 6) is -2.04. The number of hydrogen-bond donors (Lipinski definition) is 4. The number of H-pyrrole nitrogens is 2. The molecular weight excluding hydrogens is 588 g/mol. The van der Waals surface area contributed by atoms with Crippen LogP contribution in [0.1, 0.15) is 22.3 Å². The Hall–Kier alpha value is -6.23. The van der Waals surface area contributed by atoms with Crippen molar-refractivity contribution in [2.45, 2.75) is 25.9 Å². The van der Waals surface area contributed by atoms with Crippen molar-refractivity contribution in [1.29, 1.82) is 0 Å². The molecule has 0 saturated carbocycles. The number of aliphatic hydroxyl groups is 2. The Morgan fingerprint density at radius 3 is 1.37 bits per heavy atom. The molecule has 4 aromatic carbocycles. The Balaban J connectivity index is 1.36. The number of nitrogens with zero attached hydrogens (tertiary/aromatic N) is 2. The Morgan fingerprint density at radius 1 is 0.543 bits per heavy atom. The molecule has 3 heterocycles. The highest BCUT2D eigenvalue weighted by molar-refractivity contribution is 5.81. The summed E-state index contributed by atoms with van der Waals surface area (Å²) in [7, 11) is 0. The fourth-order valence-corrected chi connectivity index (χ4v) is 5.71. The van der Waals surface area contributed by atoms with Crippen LogP contribution in [0.15, 0.2) is 138 Å². The first-order chi connectivity index (χ1) is 22.3. The van der Waals surface area contributed by atoms with E-state index in [1.807, 2.05) is 60.7 Å². The maximum Gasteiger partial charge on any atom is 0.417 e. The van der Waals surface area contributed by atoms with Crippen molar-refractivity contribution in [2.24, 2.45) is 0 Å². The van der Waals surface area contributed by atoms with Gasteiger partial charge in [-0.1, -0.05) is 72.8 Å². The molecule has 0 atom stereocenters. The van der Waals surface area contributed by atoms with Gasteiger partial charge in [0.1, 0.15) is 0 Å². The van der Waals surface area contributed by atoms with Crippen molar-refractivity contribution >= 4 is 28.2 Å². The summed E-state index contributed by atoms with van der Waals surface area (Å²) >= 11 is 0. The van der Waals surface area contributed by atoms with Crippen LogP contribution >= 0.6 is 0 Å². The SMILES string of the molecule is O=C1N(Cc2ccc3[nH]c(=O)oc3c2)C(Cc2ccccc2)=C(O)C(O)=C(Cc2ccccc2)N1Cc1ccc2[nH]c(=O)oc2c1. The third-order valence-electron chi connectivity index (χ3n) is 7.97. The first kappa shape index (κ1) is 28.5. The first-order valence-electron chi connectivity index (χ1n) is 14.6. The van der Waals surface area contributed by atoms with E-state index in [0.29, 0.717) is 33.3 Å². The monoisotopic (exact) mass is 616 g/mol. The Bertz CT molecular complexity index is 2100. The maximum atomic E-state index is 14.8. The average Bonchev–Trinajstić information content (AvgIpc) is 3.62. The van der Waals surface area contributed by atoms with E-state index in [-0.39, 0.29) is 37.3 Å². The standard InChI is InChI=1S/C35H28N4O7/c40-31-27(15-21-7-3-1-4-8-21)38(19-23-11-13-25-29(17-23)45-33(42)36-25)35(44)39(28(32(31)41)16-22-9-5-2-6-10-22)20-24-12-14-26-30(18-24)46-34(43)37-26/h1-14,17-18,40-41H,15-16,19-20H2,(H,36,42)(H,37,43). The number of aliphatic hydroxyl groups excluding tert-OH is 2. The summed E-state index contributed by atoms with van der Waals surface area (Å²) in [5.41, 5.74) is 4.95. The van der Waals surface area contributed by atoms with E-state index < -0.39 is 29.1 Å². The normalized spacial score (nSPS) is 14.1. The number of rotatable bonds is 8. The zero-order valence-corrected chi connectivity index (χ0v) is 24.4. The average molecular weight is 617 g/mol. The highest BCUT2D eigenvalue weighted by atomic mass is 16.4. The lowest BCUT2D eigenvalue weighted by molar-refractivity contribution is 0.171. The predicted octanol–water partition coefficient (Wildman–Crippen LogP) is 6.02. The van der Waals surface area contributed by atoms with Crippen LogP contribution in [0.4, 0.5) is 4.79 Å². The van der Waals surface area contributed by atoms with Gasteiger partial charge in [0, 0.05) is 12.8 Å². The molecule has 0 unspecified atom stereocenters. The Kier molecular flexibility index (Phi) is 7.25. The summed E-state index contributed by atoms with van der Waals surface area (Å²) < 4.78 is 10.5. The number of aromatic nitrogens is 2. The van der Waals surface area contributed by atoms with E-state index in [2.05, 4.69) is 9.97 Å². The fraction of sp³-hybridized carbons (Fsp3) is 0.114. The number of hydrogen-bond acceptors (Lipinski definition) is 7. The number of oxazole rings is 2. The molecule has 2 aromatic heterocycles. The number of urea groups is 1. The molecule has 7 rings (SSSR count). The molecule has 0 bridgehead atoms. The molecule has 6 aromatic rings. The molecule has 11 heteroatoms. The van der Waals surface area contributed by atoms with Crippen LogP contribution in [-0.4, -0.2) is 36.0 Å². The van der Waals surface area contributed by atoms with Crippen LogP contribution in [0.25, 0.3) is 22.2 Å². The van der Waals surface area contributed by atoms with Crippen molar-refractivity contribution < 1.29 is 23.8 Å². The quantitative estimate of drug-likeness (QED) is 0.163. The summed E-state index contributed by atoms with van der Waals surface area (Å²) in [4.78, 5) is 46.5. The Morgan fingerprint density at radius 2 is 0.957 bits per heavy atom. The summed E-state index contributed by atoms with van der Waals surface area (Å²) in [5, 5.41) is 23.5. The van der Waals surface area contributed by atoms with Gasteiger partial charge in [-0.05, 0) is 46.5 Å². The largest absolute Gasteiger partial charge is 0.503 e. The molecule has 2 amide bonds. The van der Waals surface area contributed by atoms with Gasteiger partial charge in [-0.25, -0.2) is 14.4 Å². The predicted molar refractivity (Wildman–Crippen MR) is 170 cm³/mol. The molecule has 0 aliphatic carbocycles. The smallest absolute Gasteiger partial charge is 0.417 e. The summed E-state index contributed by atoms with van der Waals surface area (Å²) in [6.07, 6.45) is 0.272. The van der Waals surface area contributed by atoms with Crippen molar-refractivity contribution in [3.05, 3.63) is 163 Å². The first-order valence-corrected chi connectivity index (χ1v) is 14.6. The van der Waals surface area contributed by atoms with E-state index in [4.69, 9.17) is 8.83 Å². The number of carbonyl (C=O) groups excluding carboxylic acids is 1. The Labute approximate surface area is 260 Å². The molecule has 4 N–H and O–H groups in total. The summed E-state index contributed by atoms with van der Waals surface area (Å²) in [6, 6.07) is 28.4. The van der Waals surface area contributed by atoms with Crippen molar-refractivity contribution in [2.75, 3.05) is 0 Å². The lowest BCUT2D eigenvalue weighted by Gasteiger charge is -2.31. The molecule has 0 fully saturated rings. The minimum atomic E-state index is -0.596. The van der Waals surface area contributed by atoms with Gasteiger partial charge in [0.25, 0.3) is 0 Å². The molecule has 46 heavy (non-hydrogen) atoms. The van der Waals surface area contributed by atoms with Crippen LogP contribution < -0.4 is 11.5 Å². The van der Waals surface area contributed by atoms with Gasteiger partial charge >= 0.3 is 17.5 Å². The molecule has 0 radical (unpaired) electrons. The van der Waals surface area contributed by atoms with E-state index in [9.17, 15) is 24.6 Å². The van der Waals surface area contributed by atoms with E-state index in [1.165, 1.54) is 9.80 Å². The number of fused-ring (bicyclic) bond motifs is 2. The number of carbonyl (C=O) groups is 1. The van der Waals surface area contributed by atoms with Crippen LogP contribution in [0.3, 0.4) is 0 Å². The van der Waals surface area contributed by atoms with Crippen molar-refractivity contribution in [3.8, 4) is 0 Å². The molecule has 230 valence electrons. The minimum Gasteiger partial charge on any atom is -0.503 e. The van der Waals surface area contributed by atoms with Gasteiger partial charge in [0.05, 0.1) is 35.5 Å². The van der Waals surface area contributed by atoms with Gasteiger partial charge in [-0.15, -0.1) is 0 Å². The number of benzene rings is 4. The molecule has 11 nitrogen and oxygen atoms in total. The fourth-order valence-electron chi connectivity index (χ4n) is 5.71. The second-order valence-corrected chi connectivity index (χ2v) is 11.1. The topological polar surface area (TPSA) is 156 Å². The molecular formula is C35H28N4O7. The lowest BCUT2D eigenvalue weighted by atomic mass is 10.0. The molecule has 0 spiro atoms. The van der Waals surface area contributed by atoms with Crippen LogP contribution in [0.2, 0.25) is 0 Å². The second-order valence-electron chi connectivity index (χ2n) is 11.1. The number of amides is 2. The van der Waals surface area contributed by atoms with Crippen LogP contribution in [0, 0.1) is 0 Å². The van der Waals surface area contributed by atoms with Crippen molar-refractivity contribution in [1.82, 2.24) is 19.8 Å². The molecule has 1 aliphatic heterocycles. The van der Waals surface area contributed by atoms with Crippen LogP contribution in [0.5, 0.6) is 0 Å². The third kappa shape index (κ3) is 5.57. The van der Waals surface area contributed by atoms with E-state index in [0.717, 1.165) is 11.1 Å². The number of nitrogens with one attached hydrogen (secondary N) is 2. The van der Waals surface area contributed by atoms with Gasteiger partial charge in [0.2, 0.25) is 0 Å². The van der Waals surface area contributed by atoms with E-state index in [1.54, 1.807) is 36.4 Å². The van der Waals surface area contributed by atoms with Crippen LogP contribution in [-0.2, 0) is 25.9 Å².